The van der Waals surface area contributed by atoms with E-state index in [-0.39, 0.29) is 11.9 Å². The molecule has 0 bridgehead atoms. The molecule has 1 amide bonds. The number of carbonyl (C=O) groups excluding carboxylic acids is 1. The molecule has 5 rings (SSSR count). The van der Waals surface area contributed by atoms with Crippen molar-refractivity contribution in [1.82, 2.24) is 10.2 Å². The summed E-state index contributed by atoms with van der Waals surface area (Å²) in [6.07, 6.45) is 2.53. The largest absolute Gasteiger partial charge is 0.486 e. The zero-order valence-corrected chi connectivity index (χ0v) is 20.9. The summed E-state index contributed by atoms with van der Waals surface area (Å²) in [6, 6.07) is 21.8. The molecule has 2 atom stereocenters. The number of benzene rings is 3. The van der Waals surface area contributed by atoms with E-state index in [0.717, 1.165) is 42.9 Å². The van der Waals surface area contributed by atoms with Crippen molar-refractivity contribution in [1.29, 1.82) is 0 Å². The number of hydrogen-bond donors (Lipinski definition) is 1. The van der Waals surface area contributed by atoms with Gasteiger partial charge < -0.3 is 19.7 Å². The molecule has 3 aromatic carbocycles. The number of rotatable bonds is 6. The van der Waals surface area contributed by atoms with Crippen LogP contribution in [-0.2, 0) is 13.0 Å². The highest BCUT2D eigenvalue weighted by Gasteiger charge is 2.32. The Morgan fingerprint density at radius 3 is 2.43 bits per heavy atom. The Kier molecular flexibility index (Phi) is 7.47. The highest BCUT2D eigenvalue weighted by Crippen LogP contribution is 2.31. The van der Waals surface area contributed by atoms with Gasteiger partial charge in [-0.1, -0.05) is 59.6 Å². The molecule has 0 saturated carbocycles. The molecule has 1 saturated heterocycles. The van der Waals surface area contributed by atoms with Gasteiger partial charge in [0.2, 0.25) is 0 Å². The summed E-state index contributed by atoms with van der Waals surface area (Å²) in [6.45, 7) is 2.57. The third-order valence-electron chi connectivity index (χ3n) is 6.60. The second kappa shape index (κ2) is 10.9. The molecule has 1 fully saturated rings. The lowest BCUT2D eigenvalue weighted by atomic mass is 9.91. The monoisotopic (exact) mass is 510 g/mol. The number of carbonyl (C=O) groups is 1. The maximum Gasteiger partial charge on any atom is 0.254 e. The van der Waals surface area contributed by atoms with Crippen LogP contribution in [-0.4, -0.2) is 42.6 Å². The number of likely N-dealkylation sites (tertiary alicyclic amines) is 1. The van der Waals surface area contributed by atoms with Crippen LogP contribution in [0.5, 0.6) is 11.5 Å². The highest BCUT2D eigenvalue weighted by atomic mass is 35.5. The maximum atomic E-state index is 13.5. The molecule has 2 heterocycles. The quantitative estimate of drug-likeness (QED) is 0.457. The zero-order chi connectivity index (χ0) is 24.2. The van der Waals surface area contributed by atoms with Gasteiger partial charge in [0.25, 0.3) is 5.91 Å². The van der Waals surface area contributed by atoms with Crippen molar-refractivity contribution in [3.05, 3.63) is 93.5 Å². The molecule has 0 unspecified atom stereocenters. The van der Waals surface area contributed by atoms with E-state index < -0.39 is 0 Å². The lowest BCUT2D eigenvalue weighted by Crippen LogP contribution is -2.51. The second-order valence-corrected chi connectivity index (χ2v) is 9.95. The van der Waals surface area contributed by atoms with Crippen LogP contribution in [0.2, 0.25) is 10.0 Å². The fraction of sp³-hybridized carbons (Fsp3) is 0.321. The number of nitrogens with one attached hydrogen (secondary N) is 1. The molecule has 182 valence electrons. The summed E-state index contributed by atoms with van der Waals surface area (Å²) in [5, 5.41) is 4.64. The summed E-state index contributed by atoms with van der Waals surface area (Å²) in [7, 11) is 0. The van der Waals surface area contributed by atoms with Gasteiger partial charge in [0.05, 0.1) is 0 Å². The van der Waals surface area contributed by atoms with Crippen molar-refractivity contribution < 1.29 is 14.3 Å². The van der Waals surface area contributed by atoms with E-state index in [9.17, 15) is 4.79 Å². The summed E-state index contributed by atoms with van der Waals surface area (Å²) >= 11 is 12.4. The molecule has 2 aliphatic rings. The van der Waals surface area contributed by atoms with Crippen LogP contribution in [0.25, 0.3) is 0 Å². The highest BCUT2D eigenvalue weighted by molar-refractivity contribution is 6.35. The molecule has 3 aromatic rings. The topological polar surface area (TPSA) is 50.8 Å². The molecule has 0 spiro atoms. The van der Waals surface area contributed by atoms with Gasteiger partial charge in [-0.25, -0.2) is 0 Å². The molecular formula is C28H28Cl2N2O3. The Morgan fingerprint density at radius 1 is 0.914 bits per heavy atom. The summed E-state index contributed by atoms with van der Waals surface area (Å²) in [5.74, 6) is 1.58. The molecule has 7 heteroatoms. The first-order chi connectivity index (χ1) is 17.0. The number of nitrogens with zero attached hydrogens (tertiary/aromatic N) is 1. The number of ether oxygens (including phenoxy) is 2. The van der Waals surface area contributed by atoms with Crippen molar-refractivity contribution in [2.24, 2.45) is 0 Å². The maximum absolute atomic E-state index is 13.5. The van der Waals surface area contributed by atoms with Crippen molar-refractivity contribution in [3.8, 4) is 11.5 Å². The second-order valence-electron chi connectivity index (χ2n) is 9.08. The minimum atomic E-state index is -0.0272. The normalized spacial score (nSPS) is 19.4. The first-order valence-corrected chi connectivity index (χ1v) is 12.7. The van der Waals surface area contributed by atoms with Gasteiger partial charge in [0.1, 0.15) is 13.2 Å². The van der Waals surface area contributed by atoms with Crippen LogP contribution < -0.4 is 14.8 Å². The molecule has 0 aromatic heterocycles. The fourth-order valence-electron chi connectivity index (χ4n) is 4.89. The van der Waals surface area contributed by atoms with E-state index in [2.05, 4.69) is 23.5 Å². The average molecular weight is 511 g/mol. The number of fused-ring (bicyclic) bond motifs is 1. The van der Waals surface area contributed by atoms with Crippen LogP contribution in [0.3, 0.4) is 0 Å². The predicted molar refractivity (Wildman–Crippen MR) is 139 cm³/mol. The fourth-order valence-corrected chi connectivity index (χ4v) is 5.41. The molecule has 5 nitrogen and oxygen atoms in total. The van der Waals surface area contributed by atoms with E-state index in [1.807, 2.05) is 35.2 Å². The molecule has 2 aliphatic heterocycles. The standard InChI is InChI=1S/C28H28Cl2N2O3/c29-22-14-21(15-23(30)16-22)28(33)32-9-8-24(17-25(32)12-19-4-2-1-3-5-19)31-18-20-6-7-26-27(13-20)35-11-10-34-26/h1-7,13-16,24-25,31H,8-12,17-18H2/t24-,25-/m0/s1. The summed E-state index contributed by atoms with van der Waals surface area (Å²) < 4.78 is 11.4. The number of amides is 1. The van der Waals surface area contributed by atoms with Gasteiger partial charge >= 0.3 is 0 Å². The van der Waals surface area contributed by atoms with E-state index in [4.69, 9.17) is 32.7 Å². The smallest absolute Gasteiger partial charge is 0.254 e. The first-order valence-electron chi connectivity index (χ1n) is 12.0. The Morgan fingerprint density at radius 2 is 1.66 bits per heavy atom. The Balaban J connectivity index is 1.29. The zero-order valence-electron chi connectivity index (χ0n) is 19.4. The minimum absolute atomic E-state index is 0.0272. The van der Waals surface area contributed by atoms with Crippen LogP contribution in [0.4, 0.5) is 0 Å². The molecule has 35 heavy (non-hydrogen) atoms. The lowest BCUT2D eigenvalue weighted by Gasteiger charge is -2.40. The van der Waals surface area contributed by atoms with Gasteiger partial charge in [-0.05, 0) is 60.7 Å². The van der Waals surface area contributed by atoms with Gasteiger partial charge in [0, 0.05) is 40.8 Å². The van der Waals surface area contributed by atoms with Gasteiger partial charge in [-0.15, -0.1) is 0 Å². The lowest BCUT2D eigenvalue weighted by molar-refractivity contribution is 0.0576. The van der Waals surface area contributed by atoms with E-state index in [0.29, 0.717) is 41.4 Å². The SMILES string of the molecule is O=C(c1cc(Cl)cc(Cl)c1)N1CC[C@H](NCc2ccc3c(c2)OCCO3)C[C@@H]1Cc1ccccc1. The third-order valence-corrected chi connectivity index (χ3v) is 7.04. The molecule has 0 radical (unpaired) electrons. The van der Waals surface area contributed by atoms with Gasteiger partial charge in [-0.2, -0.15) is 0 Å². The Bertz CT molecular complexity index is 1170. The van der Waals surface area contributed by atoms with Crippen molar-refractivity contribution in [2.75, 3.05) is 19.8 Å². The van der Waals surface area contributed by atoms with Crippen LogP contribution >= 0.6 is 23.2 Å². The van der Waals surface area contributed by atoms with E-state index in [1.165, 1.54) is 5.56 Å². The summed E-state index contributed by atoms with van der Waals surface area (Å²) in [5.41, 5.74) is 2.90. The number of hydrogen-bond acceptors (Lipinski definition) is 4. The van der Waals surface area contributed by atoms with Crippen LogP contribution in [0.1, 0.15) is 34.3 Å². The number of halogens is 2. The van der Waals surface area contributed by atoms with Crippen molar-refractivity contribution >= 4 is 29.1 Å². The molecule has 1 N–H and O–H groups in total. The Labute approximate surface area is 215 Å². The minimum Gasteiger partial charge on any atom is -0.486 e. The van der Waals surface area contributed by atoms with E-state index in [1.54, 1.807) is 18.2 Å². The first kappa shape index (κ1) is 24.0. The van der Waals surface area contributed by atoms with Gasteiger partial charge in [0.15, 0.2) is 11.5 Å². The Hall–Kier alpha value is -2.73. The van der Waals surface area contributed by atoms with Crippen molar-refractivity contribution in [2.45, 2.75) is 37.9 Å². The third kappa shape index (κ3) is 5.92. The van der Waals surface area contributed by atoms with Crippen molar-refractivity contribution in [3.63, 3.8) is 0 Å². The van der Waals surface area contributed by atoms with E-state index >= 15 is 0 Å². The van der Waals surface area contributed by atoms with Gasteiger partial charge in [-0.3, -0.25) is 4.79 Å². The molecular weight excluding hydrogens is 483 g/mol. The molecule has 0 aliphatic carbocycles. The van der Waals surface area contributed by atoms with Crippen LogP contribution in [0.15, 0.2) is 66.7 Å². The average Bonchev–Trinajstić information content (AvgIpc) is 2.87. The van der Waals surface area contributed by atoms with Crippen LogP contribution in [0, 0.1) is 0 Å². The predicted octanol–water partition coefficient (Wildman–Crippen LogP) is 5.77. The summed E-state index contributed by atoms with van der Waals surface area (Å²) in [4.78, 5) is 15.5. The number of piperidine rings is 1.